The van der Waals surface area contributed by atoms with Gasteiger partial charge < -0.3 is 5.32 Å². The summed E-state index contributed by atoms with van der Waals surface area (Å²) in [4.78, 5) is 30.4. The van der Waals surface area contributed by atoms with Gasteiger partial charge in [-0.25, -0.2) is 0 Å². The smallest absolute Gasteiger partial charge is 0.244 e. The van der Waals surface area contributed by atoms with Gasteiger partial charge >= 0.3 is 0 Å². The van der Waals surface area contributed by atoms with Crippen molar-refractivity contribution in [1.29, 1.82) is 5.26 Å². The molecule has 34 heavy (non-hydrogen) atoms. The number of hydrogen-bond donors (Lipinski definition) is 1. The van der Waals surface area contributed by atoms with Crippen molar-refractivity contribution in [3.8, 4) is 6.07 Å². The molecule has 0 radical (unpaired) electrons. The first-order valence-corrected chi connectivity index (χ1v) is 13.2. The van der Waals surface area contributed by atoms with Gasteiger partial charge in [-0.1, -0.05) is 62.4 Å². The van der Waals surface area contributed by atoms with Gasteiger partial charge in [-0.15, -0.1) is 11.3 Å². The number of carbonyl (C=O) groups excluding carboxylic acids is 2. The van der Waals surface area contributed by atoms with Gasteiger partial charge in [0.05, 0.1) is 11.1 Å². The number of anilines is 1. The van der Waals surface area contributed by atoms with Gasteiger partial charge in [0.1, 0.15) is 11.6 Å². The van der Waals surface area contributed by atoms with Crippen molar-refractivity contribution in [3.05, 3.63) is 53.4 Å². The molecule has 1 aromatic carbocycles. The molecular weight excluding hydrogens is 444 g/mol. The lowest BCUT2D eigenvalue weighted by Crippen LogP contribution is -2.57. The van der Waals surface area contributed by atoms with Crippen LogP contribution in [0.25, 0.3) is 0 Å². The van der Waals surface area contributed by atoms with Crippen LogP contribution in [0, 0.1) is 17.2 Å². The number of nitrogens with one attached hydrogen (secondary N) is 1. The Kier molecular flexibility index (Phi) is 8.02. The summed E-state index contributed by atoms with van der Waals surface area (Å²) in [6.07, 6.45) is 6.99. The van der Waals surface area contributed by atoms with Crippen LogP contribution in [0.1, 0.15) is 57.4 Å². The molecule has 2 aliphatic rings. The van der Waals surface area contributed by atoms with E-state index < -0.39 is 11.6 Å². The van der Waals surface area contributed by atoms with Gasteiger partial charge in [-0.3, -0.25) is 19.4 Å². The zero-order chi connectivity index (χ0) is 24.0. The minimum absolute atomic E-state index is 0.137. The summed E-state index contributed by atoms with van der Waals surface area (Å²) >= 11 is 1.47. The van der Waals surface area contributed by atoms with Crippen LogP contribution in [-0.4, -0.2) is 41.4 Å². The number of carbonyl (C=O) groups is 2. The molecule has 2 atom stereocenters. The summed E-state index contributed by atoms with van der Waals surface area (Å²) in [7, 11) is 0. The van der Waals surface area contributed by atoms with Crippen LogP contribution >= 0.6 is 11.3 Å². The van der Waals surface area contributed by atoms with E-state index in [2.05, 4.69) is 28.4 Å². The van der Waals surface area contributed by atoms with Crippen molar-refractivity contribution >= 4 is 28.2 Å². The van der Waals surface area contributed by atoms with Gasteiger partial charge in [0, 0.05) is 26.6 Å². The van der Waals surface area contributed by atoms with Crippen molar-refractivity contribution in [2.75, 3.05) is 18.0 Å². The molecule has 2 unspecified atom stereocenters. The van der Waals surface area contributed by atoms with Gasteiger partial charge in [0.2, 0.25) is 11.8 Å². The topological polar surface area (TPSA) is 76.4 Å². The molecule has 6 nitrogen and oxygen atoms in total. The summed E-state index contributed by atoms with van der Waals surface area (Å²) in [5.41, 5.74) is 0.257. The summed E-state index contributed by atoms with van der Waals surface area (Å²) < 4.78 is 0. The molecule has 180 valence electrons. The fraction of sp³-hybridized carbons (Fsp3) is 0.519. The summed E-state index contributed by atoms with van der Waals surface area (Å²) in [5.74, 6) is 0.0707. The van der Waals surface area contributed by atoms with Crippen LogP contribution in [0.5, 0.6) is 0 Å². The molecule has 1 saturated carbocycles. The molecule has 1 N–H and O–H groups in total. The number of amides is 2. The average molecular weight is 479 g/mol. The van der Waals surface area contributed by atoms with Crippen molar-refractivity contribution in [2.45, 2.75) is 70.0 Å². The molecule has 2 fully saturated rings. The summed E-state index contributed by atoms with van der Waals surface area (Å²) in [6.45, 7) is 3.51. The Bertz CT molecular complexity index is 997. The molecule has 1 aliphatic heterocycles. The third-order valence-corrected chi connectivity index (χ3v) is 8.02. The quantitative estimate of drug-likeness (QED) is 0.595. The normalized spacial score (nSPS) is 22.1. The summed E-state index contributed by atoms with van der Waals surface area (Å²) in [5, 5.41) is 15.9. The highest BCUT2D eigenvalue weighted by Gasteiger charge is 2.43. The lowest BCUT2D eigenvalue weighted by molar-refractivity contribution is -0.127. The maximum atomic E-state index is 13.8. The molecule has 0 bridgehead atoms. The van der Waals surface area contributed by atoms with Crippen molar-refractivity contribution in [2.24, 2.45) is 5.92 Å². The number of nitrogens with zero attached hydrogens (tertiary/aromatic N) is 3. The Hall–Kier alpha value is -2.69. The number of nitriles is 1. The van der Waals surface area contributed by atoms with E-state index in [4.69, 9.17) is 0 Å². The summed E-state index contributed by atoms with van der Waals surface area (Å²) in [6, 6.07) is 15.8. The second-order valence-electron chi connectivity index (χ2n) is 9.73. The van der Waals surface area contributed by atoms with Crippen LogP contribution in [0.4, 0.5) is 5.00 Å². The molecule has 2 aromatic rings. The molecule has 1 aromatic heterocycles. The van der Waals surface area contributed by atoms with E-state index in [9.17, 15) is 14.9 Å². The van der Waals surface area contributed by atoms with Crippen LogP contribution in [0.15, 0.2) is 47.8 Å². The first-order valence-electron chi connectivity index (χ1n) is 12.3. The maximum absolute atomic E-state index is 13.8. The molecule has 2 heterocycles. The van der Waals surface area contributed by atoms with E-state index in [1.54, 1.807) is 4.90 Å². The number of hydrogen-bond acceptors (Lipinski definition) is 5. The Morgan fingerprint density at radius 1 is 1.21 bits per heavy atom. The average Bonchev–Trinajstić information content (AvgIpc) is 3.51. The first kappa shape index (κ1) is 24.4. The van der Waals surface area contributed by atoms with Gasteiger partial charge in [0.15, 0.2) is 0 Å². The fourth-order valence-electron chi connectivity index (χ4n) is 5.41. The molecule has 2 amide bonds. The van der Waals surface area contributed by atoms with E-state index >= 15 is 0 Å². The third kappa shape index (κ3) is 5.86. The lowest BCUT2D eigenvalue weighted by Gasteiger charge is -2.35. The monoisotopic (exact) mass is 478 g/mol. The largest absolute Gasteiger partial charge is 0.335 e. The standard InChI is InChI=1S/C27H34N4O2S/c1-21(32)31(25-13-8-16-34-25)24(17-22-9-4-2-5-10-22)26(33)29-27(19-28)14-15-30(20-27)18-23-11-6-3-7-12-23/h3,6-8,11-13,16,22,24H,2,4-5,9-10,14-15,17-18,20H2,1H3,(H,29,33). The van der Waals surface area contributed by atoms with E-state index in [1.807, 2.05) is 35.7 Å². The van der Waals surface area contributed by atoms with E-state index in [0.717, 1.165) is 30.9 Å². The zero-order valence-electron chi connectivity index (χ0n) is 19.9. The molecule has 1 saturated heterocycles. The number of likely N-dealkylation sites (tertiary alicyclic amines) is 1. The second-order valence-corrected chi connectivity index (χ2v) is 10.7. The molecule has 4 rings (SSSR count). The first-order chi connectivity index (χ1) is 16.5. The lowest BCUT2D eigenvalue weighted by atomic mass is 9.84. The van der Waals surface area contributed by atoms with Crippen molar-refractivity contribution in [3.63, 3.8) is 0 Å². The van der Waals surface area contributed by atoms with Crippen LogP contribution in [0.2, 0.25) is 0 Å². The van der Waals surface area contributed by atoms with Gasteiger partial charge in [-0.05, 0) is 41.8 Å². The number of benzene rings is 1. The van der Waals surface area contributed by atoms with Gasteiger partial charge in [-0.2, -0.15) is 5.26 Å². The molecular formula is C27H34N4O2S. The van der Waals surface area contributed by atoms with Gasteiger partial charge in [0.25, 0.3) is 0 Å². The van der Waals surface area contributed by atoms with Crippen molar-refractivity contribution in [1.82, 2.24) is 10.2 Å². The third-order valence-electron chi connectivity index (χ3n) is 7.15. The van der Waals surface area contributed by atoms with E-state index in [1.165, 1.54) is 43.1 Å². The zero-order valence-corrected chi connectivity index (χ0v) is 20.7. The fourth-order valence-corrected chi connectivity index (χ4v) is 6.23. The maximum Gasteiger partial charge on any atom is 0.244 e. The predicted molar refractivity (Wildman–Crippen MR) is 135 cm³/mol. The second kappa shape index (κ2) is 11.2. The Balaban J connectivity index is 1.51. The SMILES string of the molecule is CC(=O)N(c1cccs1)C(CC1CCCCC1)C(=O)NC1(C#N)CCN(Cc2ccccc2)C1. The molecule has 7 heteroatoms. The minimum atomic E-state index is -0.936. The highest BCUT2D eigenvalue weighted by molar-refractivity contribution is 7.14. The highest BCUT2D eigenvalue weighted by atomic mass is 32.1. The van der Waals surface area contributed by atoms with E-state index in [-0.39, 0.29) is 11.8 Å². The van der Waals surface area contributed by atoms with Crippen LogP contribution in [0.3, 0.4) is 0 Å². The van der Waals surface area contributed by atoms with Crippen LogP contribution < -0.4 is 10.2 Å². The molecule has 0 spiro atoms. The van der Waals surface area contributed by atoms with E-state index in [0.29, 0.717) is 25.3 Å². The van der Waals surface area contributed by atoms with Crippen LogP contribution in [-0.2, 0) is 16.1 Å². The number of thiophene rings is 1. The Labute approximate surface area is 206 Å². The minimum Gasteiger partial charge on any atom is -0.335 e. The number of rotatable bonds is 8. The highest BCUT2D eigenvalue weighted by Crippen LogP contribution is 2.33. The van der Waals surface area contributed by atoms with Crippen molar-refractivity contribution < 1.29 is 9.59 Å². The Morgan fingerprint density at radius 3 is 2.62 bits per heavy atom. The predicted octanol–water partition coefficient (Wildman–Crippen LogP) is 4.72. The molecule has 1 aliphatic carbocycles. The Morgan fingerprint density at radius 2 is 1.97 bits per heavy atom.